The molecule has 0 aliphatic heterocycles. The fourth-order valence-corrected chi connectivity index (χ4v) is 1.87. The fraction of sp³-hybridized carbons (Fsp3) is 0.214. The number of benzene rings is 1. The van der Waals surface area contributed by atoms with E-state index in [1.807, 2.05) is 25.1 Å². The van der Waals surface area contributed by atoms with Crippen molar-refractivity contribution in [3.8, 4) is 0 Å². The van der Waals surface area contributed by atoms with Crippen molar-refractivity contribution in [2.45, 2.75) is 13.5 Å². The first-order chi connectivity index (χ1) is 9.69. The van der Waals surface area contributed by atoms with Gasteiger partial charge in [0.2, 0.25) is 0 Å². The van der Waals surface area contributed by atoms with Gasteiger partial charge in [-0.25, -0.2) is 4.98 Å². The molecule has 1 aromatic heterocycles. The third-order valence-corrected chi connectivity index (χ3v) is 2.80. The van der Waals surface area contributed by atoms with Crippen LogP contribution in [-0.4, -0.2) is 22.4 Å². The number of aromatic nitrogens is 2. The van der Waals surface area contributed by atoms with Crippen LogP contribution in [0.4, 0.5) is 5.82 Å². The SMILES string of the molecule is CCNc1cncc(C(=O)NCc2cccc(Cl)c2)n1. The predicted octanol–water partition coefficient (Wildman–Crippen LogP) is 2.49. The molecule has 0 spiro atoms. The van der Waals surface area contributed by atoms with Crippen molar-refractivity contribution in [2.24, 2.45) is 0 Å². The summed E-state index contributed by atoms with van der Waals surface area (Å²) in [6, 6.07) is 7.34. The molecular weight excluding hydrogens is 276 g/mol. The zero-order valence-corrected chi connectivity index (χ0v) is 11.8. The highest BCUT2D eigenvalue weighted by Crippen LogP contribution is 2.10. The lowest BCUT2D eigenvalue weighted by atomic mass is 10.2. The molecule has 0 atom stereocenters. The number of hydrogen-bond acceptors (Lipinski definition) is 4. The van der Waals surface area contributed by atoms with Crippen molar-refractivity contribution in [3.05, 3.63) is 52.9 Å². The molecule has 0 radical (unpaired) electrons. The van der Waals surface area contributed by atoms with Crippen molar-refractivity contribution in [3.63, 3.8) is 0 Å². The molecule has 6 heteroatoms. The highest BCUT2D eigenvalue weighted by Gasteiger charge is 2.08. The highest BCUT2D eigenvalue weighted by molar-refractivity contribution is 6.30. The summed E-state index contributed by atoms with van der Waals surface area (Å²) in [6.07, 6.45) is 3.02. The molecule has 2 rings (SSSR count). The summed E-state index contributed by atoms with van der Waals surface area (Å²) < 4.78 is 0. The average molecular weight is 291 g/mol. The minimum absolute atomic E-state index is 0.266. The van der Waals surface area contributed by atoms with Crippen molar-refractivity contribution in [2.75, 3.05) is 11.9 Å². The second kappa shape index (κ2) is 6.86. The summed E-state index contributed by atoms with van der Waals surface area (Å²) in [5.74, 6) is 0.320. The van der Waals surface area contributed by atoms with E-state index >= 15 is 0 Å². The number of carbonyl (C=O) groups is 1. The van der Waals surface area contributed by atoms with Crippen LogP contribution in [0.25, 0.3) is 0 Å². The standard InChI is InChI=1S/C14H15ClN4O/c1-2-17-13-9-16-8-12(19-13)14(20)18-7-10-4-3-5-11(15)6-10/h3-6,8-9H,2,7H2,1H3,(H,17,19)(H,18,20). The van der Waals surface area contributed by atoms with Gasteiger partial charge in [-0.1, -0.05) is 23.7 Å². The van der Waals surface area contributed by atoms with Crippen LogP contribution in [0.5, 0.6) is 0 Å². The van der Waals surface area contributed by atoms with E-state index < -0.39 is 0 Å². The zero-order chi connectivity index (χ0) is 14.4. The maximum absolute atomic E-state index is 12.0. The molecule has 1 amide bonds. The van der Waals surface area contributed by atoms with Crippen LogP contribution in [-0.2, 0) is 6.54 Å². The molecule has 20 heavy (non-hydrogen) atoms. The van der Waals surface area contributed by atoms with E-state index in [-0.39, 0.29) is 11.6 Å². The van der Waals surface area contributed by atoms with Gasteiger partial charge in [-0.3, -0.25) is 9.78 Å². The minimum Gasteiger partial charge on any atom is -0.369 e. The van der Waals surface area contributed by atoms with E-state index in [1.165, 1.54) is 6.20 Å². The molecule has 2 aromatic rings. The summed E-state index contributed by atoms with van der Waals surface area (Å²) in [5.41, 5.74) is 1.21. The third kappa shape index (κ3) is 3.93. The highest BCUT2D eigenvalue weighted by atomic mass is 35.5. The van der Waals surface area contributed by atoms with Gasteiger partial charge in [-0.2, -0.15) is 0 Å². The summed E-state index contributed by atoms with van der Waals surface area (Å²) in [7, 11) is 0. The van der Waals surface area contributed by atoms with Gasteiger partial charge in [0.15, 0.2) is 0 Å². The second-order valence-electron chi connectivity index (χ2n) is 4.13. The fourth-order valence-electron chi connectivity index (χ4n) is 1.66. The Morgan fingerprint density at radius 1 is 1.35 bits per heavy atom. The van der Waals surface area contributed by atoms with E-state index in [1.54, 1.807) is 12.3 Å². The molecule has 0 saturated heterocycles. The number of carbonyl (C=O) groups excluding carboxylic acids is 1. The number of amides is 1. The first kappa shape index (κ1) is 14.3. The number of halogens is 1. The van der Waals surface area contributed by atoms with Crippen molar-refractivity contribution in [1.82, 2.24) is 15.3 Å². The Hall–Kier alpha value is -2.14. The molecule has 2 N–H and O–H groups in total. The van der Waals surface area contributed by atoms with Crippen LogP contribution >= 0.6 is 11.6 Å². The largest absolute Gasteiger partial charge is 0.369 e. The first-order valence-corrected chi connectivity index (χ1v) is 6.65. The van der Waals surface area contributed by atoms with Crippen molar-refractivity contribution in [1.29, 1.82) is 0 Å². The lowest BCUT2D eigenvalue weighted by Crippen LogP contribution is -2.24. The van der Waals surface area contributed by atoms with E-state index in [9.17, 15) is 4.79 Å². The summed E-state index contributed by atoms with van der Waals surface area (Å²) in [6.45, 7) is 3.07. The summed E-state index contributed by atoms with van der Waals surface area (Å²) in [4.78, 5) is 20.2. The van der Waals surface area contributed by atoms with Gasteiger partial charge in [-0.05, 0) is 24.6 Å². The van der Waals surface area contributed by atoms with Crippen molar-refractivity contribution < 1.29 is 4.79 Å². The molecule has 0 saturated carbocycles. The third-order valence-electron chi connectivity index (χ3n) is 2.57. The smallest absolute Gasteiger partial charge is 0.271 e. The summed E-state index contributed by atoms with van der Waals surface area (Å²) in [5, 5.41) is 6.44. The second-order valence-corrected chi connectivity index (χ2v) is 4.57. The van der Waals surface area contributed by atoms with Gasteiger partial charge in [0.25, 0.3) is 5.91 Å². The lowest BCUT2D eigenvalue weighted by molar-refractivity contribution is 0.0945. The van der Waals surface area contributed by atoms with Crippen LogP contribution in [0, 0.1) is 0 Å². The number of rotatable bonds is 5. The molecule has 0 aliphatic rings. The van der Waals surface area contributed by atoms with Gasteiger partial charge in [0.1, 0.15) is 11.5 Å². The monoisotopic (exact) mass is 290 g/mol. The first-order valence-electron chi connectivity index (χ1n) is 6.27. The average Bonchev–Trinajstić information content (AvgIpc) is 2.45. The summed E-state index contributed by atoms with van der Waals surface area (Å²) >= 11 is 5.89. The molecule has 104 valence electrons. The van der Waals surface area contributed by atoms with Gasteiger partial charge in [-0.15, -0.1) is 0 Å². The Kier molecular flexibility index (Phi) is 4.90. The Bertz CT molecular complexity index is 603. The Morgan fingerprint density at radius 3 is 2.95 bits per heavy atom. The zero-order valence-electron chi connectivity index (χ0n) is 11.1. The Labute approximate surface area is 122 Å². The van der Waals surface area contributed by atoms with Crippen LogP contribution in [0.1, 0.15) is 23.0 Å². The van der Waals surface area contributed by atoms with Gasteiger partial charge in [0, 0.05) is 18.1 Å². The van der Waals surface area contributed by atoms with E-state index in [0.717, 1.165) is 12.1 Å². The Balaban J connectivity index is 1.99. The Morgan fingerprint density at radius 2 is 2.20 bits per heavy atom. The van der Waals surface area contributed by atoms with Gasteiger partial charge in [0.05, 0.1) is 12.4 Å². The quantitative estimate of drug-likeness (QED) is 0.888. The molecule has 1 heterocycles. The number of anilines is 1. The van der Waals surface area contributed by atoms with Crippen LogP contribution < -0.4 is 10.6 Å². The van der Waals surface area contributed by atoms with E-state index in [2.05, 4.69) is 20.6 Å². The number of nitrogens with one attached hydrogen (secondary N) is 2. The van der Waals surface area contributed by atoms with Gasteiger partial charge < -0.3 is 10.6 Å². The van der Waals surface area contributed by atoms with Crippen LogP contribution in [0.15, 0.2) is 36.7 Å². The van der Waals surface area contributed by atoms with Crippen molar-refractivity contribution >= 4 is 23.3 Å². The topological polar surface area (TPSA) is 66.9 Å². The molecule has 0 unspecified atom stereocenters. The predicted molar refractivity (Wildman–Crippen MR) is 78.8 cm³/mol. The van der Waals surface area contributed by atoms with E-state index in [0.29, 0.717) is 17.4 Å². The lowest BCUT2D eigenvalue weighted by Gasteiger charge is -2.06. The molecular formula is C14H15ClN4O. The minimum atomic E-state index is -0.266. The molecule has 1 aromatic carbocycles. The maximum Gasteiger partial charge on any atom is 0.271 e. The van der Waals surface area contributed by atoms with Crippen LogP contribution in [0.2, 0.25) is 5.02 Å². The van der Waals surface area contributed by atoms with E-state index in [4.69, 9.17) is 11.6 Å². The molecule has 0 aliphatic carbocycles. The molecule has 0 bridgehead atoms. The number of nitrogens with zero attached hydrogens (tertiary/aromatic N) is 2. The van der Waals surface area contributed by atoms with Crippen LogP contribution in [0.3, 0.4) is 0 Å². The normalized spacial score (nSPS) is 10.1. The molecule has 5 nitrogen and oxygen atoms in total. The molecule has 0 fully saturated rings. The van der Waals surface area contributed by atoms with Gasteiger partial charge >= 0.3 is 0 Å². The number of hydrogen-bond donors (Lipinski definition) is 2. The maximum atomic E-state index is 12.0.